The minimum Gasteiger partial charge on any atom is -0.494 e. The van der Waals surface area contributed by atoms with Gasteiger partial charge in [-0.25, -0.2) is 9.59 Å². The van der Waals surface area contributed by atoms with Crippen molar-refractivity contribution in [1.29, 1.82) is 0 Å². The van der Waals surface area contributed by atoms with Crippen LogP contribution < -0.4 is 9.47 Å². The van der Waals surface area contributed by atoms with Crippen LogP contribution >= 0.6 is 11.6 Å². The summed E-state index contributed by atoms with van der Waals surface area (Å²) >= 11 is 6.34. The van der Waals surface area contributed by atoms with Crippen molar-refractivity contribution in [3.05, 3.63) is 82.9 Å². The van der Waals surface area contributed by atoms with Crippen molar-refractivity contribution in [3.63, 3.8) is 0 Å². The predicted octanol–water partition coefficient (Wildman–Crippen LogP) is 10.5. The third kappa shape index (κ3) is 11.6. The lowest BCUT2D eigenvalue weighted by molar-refractivity contribution is 0.0526. The highest BCUT2D eigenvalue weighted by Gasteiger charge is 2.12. The second-order valence-corrected chi connectivity index (χ2v) is 10.4. The van der Waals surface area contributed by atoms with Crippen molar-refractivity contribution >= 4 is 34.9 Å². The standard InChI is InChI=1S/C34H41ClN2O5/c1-3-5-6-7-8-9-10-11-12-13-24-41-30-21-16-27(17-22-30)34(39)42-32-23-20-29(25-31(32)35)37-36-28-18-14-26(15-19-28)33(38)40-4-2/h14-23,25H,3-13,24H2,1-2H3. The fourth-order valence-electron chi connectivity index (χ4n) is 4.25. The zero-order valence-corrected chi connectivity index (χ0v) is 25.4. The van der Waals surface area contributed by atoms with E-state index in [1.54, 1.807) is 73.7 Å². The number of halogens is 1. The van der Waals surface area contributed by atoms with Gasteiger partial charge < -0.3 is 14.2 Å². The molecule has 0 aliphatic heterocycles. The lowest BCUT2D eigenvalue weighted by Crippen LogP contribution is -2.08. The van der Waals surface area contributed by atoms with Crippen molar-refractivity contribution in [3.8, 4) is 11.5 Å². The number of hydrogen-bond donors (Lipinski definition) is 0. The molecule has 0 aliphatic carbocycles. The maximum absolute atomic E-state index is 12.7. The number of esters is 2. The molecule has 0 saturated heterocycles. The van der Waals surface area contributed by atoms with Gasteiger partial charge in [-0.2, -0.15) is 10.2 Å². The Morgan fingerprint density at radius 1 is 0.667 bits per heavy atom. The smallest absolute Gasteiger partial charge is 0.343 e. The monoisotopic (exact) mass is 592 g/mol. The van der Waals surface area contributed by atoms with Gasteiger partial charge >= 0.3 is 11.9 Å². The van der Waals surface area contributed by atoms with Gasteiger partial charge in [-0.15, -0.1) is 0 Å². The molecule has 3 rings (SSSR count). The molecule has 0 N–H and O–H groups in total. The third-order valence-electron chi connectivity index (χ3n) is 6.63. The Balaban J connectivity index is 1.39. The molecule has 7 nitrogen and oxygen atoms in total. The Kier molecular flexibility index (Phi) is 14.6. The second-order valence-electron chi connectivity index (χ2n) is 10.0. The highest BCUT2D eigenvalue weighted by Crippen LogP contribution is 2.31. The van der Waals surface area contributed by atoms with E-state index in [2.05, 4.69) is 17.2 Å². The van der Waals surface area contributed by atoms with Crippen LogP contribution in [-0.4, -0.2) is 25.2 Å². The molecule has 0 aliphatic rings. The quantitative estimate of drug-likeness (QED) is 0.0634. The summed E-state index contributed by atoms with van der Waals surface area (Å²) in [4.78, 5) is 24.4. The first-order valence-electron chi connectivity index (χ1n) is 14.9. The Labute approximate surface area is 254 Å². The number of hydrogen-bond acceptors (Lipinski definition) is 7. The summed E-state index contributed by atoms with van der Waals surface area (Å²) < 4.78 is 16.3. The number of unbranched alkanes of at least 4 members (excludes halogenated alkanes) is 9. The average molecular weight is 593 g/mol. The molecule has 0 aromatic heterocycles. The Bertz CT molecular complexity index is 1280. The molecule has 8 heteroatoms. The topological polar surface area (TPSA) is 86.5 Å². The van der Waals surface area contributed by atoms with Crippen molar-refractivity contribution in [2.24, 2.45) is 10.2 Å². The minimum absolute atomic E-state index is 0.223. The van der Waals surface area contributed by atoms with E-state index in [0.29, 0.717) is 35.7 Å². The molecule has 0 fully saturated rings. The van der Waals surface area contributed by atoms with E-state index >= 15 is 0 Å². The fraction of sp³-hybridized carbons (Fsp3) is 0.412. The van der Waals surface area contributed by atoms with E-state index in [4.69, 9.17) is 25.8 Å². The van der Waals surface area contributed by atoms with E-state index < -0.39 is 5.97 Å². The van der Waals surface area contributed by atoms with Crippen LogP contribution in [0, 0.1) is 0 Å². The minimum atomic E-state index is -0.519. The van der Waals surface area contributed by atoms with Crippen LogP contribution in [0.2, 0.25) is 5.02 Å². The molecule has 3 aromatic carbocycles. The summed E-state index contributed by atoms with van der Waals surface area (Å²) in [5.41, 5.74) is 1.88. The molecule has 0 atom stereocenters. The maximum atomic E-state index is 12.7. The number of ether oxygens (including phenoxy) is 3. The van der Waals surface area contributed by atoms with Crippen molar-refractivity contribution in [2.45, 2.75) is 78.1 Å². The number of carbonyl (C=O) groups is 2. The van der Waals surface area contributed by atoms with Gasteiger partial charge in [0.05, 0.1) is 40.7 Å². The maximum Gasteiger partial charge on any atom is 0.343 e. The van der Waals surface area contributed by atoms with E-state index in [-0.39, 0.29) is 16.7 Å². The van der Waals surface area contributed by atoms with E-state index in [1.807, 2.05) is 0 Å². The molecular formula is C34H41ClN2O5. The zero-order chi connectivity index (χ0) is 30.0. The van der Waals surface area contributed by atoms with Gasteiger partial charge in [-0.3, -0.25) is 0 Å². The van der Waals surface area contributed by atoms with Crippen molar-refractivity contribution in [1.82, 2.24) is 0 Å². The molecule has 3 aromatic rings. The van der Waals surface area contributed by atoms with Gasteiger partial charge in [0.1, 0.15) is 11.5 Å². The molecule has 0 amide bonds. The molecule has 0 radical (unpaired) electrons. The van der Waals surface area contributed by atoms with Crippen LogP contribution in [0.25, 0.3) is 0 Å². The van der Waals surface area contributed by atoms with Gasteiger partial charge in [0.15, 0.2) is 0 Å². The van der Waals surface area contributed by atoms with Gasteiger partial charge in [0.25, 0.3) is 0 Å². The SMILES string of the molecule is CCCCCCCCCCCCOc1ccc(C(=O)Oc2ccc(N=Nc3ccc(C(=O)OCC)cc3)cc2Cl)cc1. The highest BCUT2D eigenvalue weighted by atomic mass is 35.5. The first-order valence-corrected chi connectivity index (χ1v) is 15.3. The van der Waals surface area contributed by atoms with Crippen molar-refractivity contribution < 1.29 is 23.8 Å². The van der Waals surface area contributed by atoms with Crippen LogP contribution in [0.4, 0.5) is 11.4 Å². The number of rotatable bonds is 18. The Hall–Kier alpha value is -3.71. The molecule has 0 unspecified atom stereocenters. The van der Waals surface area contributed by atoms with E-state index in [0.717, 1.165) is 12.2 Å². The Morgan fingerprint density at radius 2 is 1.21 bits per heavy atom. The van der Waals surface area contributed by atoms with Crippen LogP contribution in [0.1, 0.15) is 98.8 Å². The summed E-state index contributed by atoms with van der Waals surface area (Å²) in [6, 6.07) is 18.3. The van der Waals surface area contributed by atoms with Gasteiger partial charge in [0.2, 0.25) is 0 Å². The lowest BCUT2D eigenvalue weighted by atomic mass is 10.1. The molecule has 0 spiro atoms. The largest absolute Gasteiger partial charge is 0.494 e. The summed E-state index contributed by atoms with van der Waals surface area (Å²) in [6.07, 6.45) is 12.8. The molecular weight excluding hydrogens is 552 g/mol. The molecule has 42 heavy (non-hydrogen) atoms. The Morgan fingerprint density at radius 3 is 1.83 bits per heavy atom. The normalized spacial score (nSPS) is 11.0. The van der Waals surface area contributed by atoms with Crippen LogP contribution in [-0.2, 0) is 4.74 Å². The average Bonchev–Trinajstić information content (AvgIpc) is 3.00. The summed E-state index contributed by atoms with van der Waals surface area (Å²) in [6.45, 7) is 4.98. The number of benzene rings is 3. The lowest BCUT2D eigenvalue weighted by Gasteiger charge is -2.09. The summed E-state index contributed by atoms with van der Waals surface area (Å²) in [5.74, 6) is 0.0439. The zero-order valence-electron chi connectivity index (χ0n) is 24.6. The fourth-order valence-corrected chi connectivity index (χ4v) is 4.47. The first kappa shape index (κ1) is 32.8. The van der Waals surface area contributed by atoms with E-state index in [9.17, 15) is 9.59 Å². The second kappa shape index (κ2) is 18.7. The van der Waals surface area contributed by atoms with Gasteiger partial charge in [0, 0.05) is 0 Å². The number of carbonyl (C=O) groups excluding carboxylic acids is 2. The predicted molar refractivity (Wildman–Crippen MR) is 167 cm³/mol. The number of nitrogens with zero attached hydrogens (tertiary/aromatic N) is 2. The number of azo groups is 1. The third-order valence-corrected chi connectivity index (χ3v) is 6.93. The van der Waals surface area contributed by atoms with Crippen LogP contribution in [0.3, 0.4) is 0 Å². The van der Waals surface area contributed by atoms with Crippen LogP contribution in [0.15, 0.2) is 77.0 Å². The van der Waals surface area contributed by atoms with Crippen LogP contribution in [0.5, 0.6) is 11.5 Å². The van der Waals surface area contributed by atoms with Gasteiger partial charge in [-0.05, 0) is 80.1 Å². The molecule has 0 bridgehead atoms. The summed E-state index contributed by atoms with van der Waals surface area (Å²) in [5, 5.41) is 8.56. The highest BCUT2D eigenvalue weighted by molar-refractivity contribution is 6.32. The first-order chi connectivity index (χ1) is 20.5. The summed E-state index contributed by atoms with van der Waals surface area (Å²) in [7, 11) is 0. The molecule has 0 heterocycles. The van der Waals surface area contributed by atoms with Gasteiger partial charge in [-0.1, -0.05) is 76.3 Å². The molecule has 0 saturated carbocycles. The van der Waals surface area contributed by atoms with Crippen molar-refractivity contribution in [2.75, 3.05) is 13.2 Å². The van der Waals surface area contributed by atoms with E-state index in [1.165, 1.54) is 57.8 Å². The molecule has 224 valence electrons.